The van der Waals surface area contributed by atoms with E-state index in [1.54, 1.807) is 6.20 Å². The summed E-state index contributed by atoms with van der Waals surface area (Å²) in [5.74, 6) is 0.493. The molecule has 1 aliphatic heterocycles. The molecular formula is C27H30FN5O2S. The second-order valence-electron chi connectivity index (χ2n) is 9.53. The molecule has 36 heavy (non-hydrogen) atoms. The summed E-state index contributed by atoms with van der Waals surface area (Å²) in [7, 11) is -3.13. The number of benzene rings is 2. The van der Waals surface area contributed by atoms with Crippen LogP contribution in [0.2, 0.25) is 0 Å². The van der Waals surface area contributed by atoms with Crippen LogP contribution in [0.25, 0.3) is 10.9 Å². The molecule has 0 unspecified atom stereocenters. The molecule has 0 radical (unpaired) electrons. The Hall–Kier alpha value is -3.14. The van der Waals surface area contributed by atoms with Crippen LogP contribution in [0.1, 0.15) is 33.9 Å². The minimum atomic E-state index is -3.13. The lowest BCUT2D eigenvalue weighted by Gasteiger charge is -2.33. The lowest BCUT2D eigenvalue weighted by Crippen LogP contribution is -2.47. The van der Waals surface area contributed by atoms with E-state index in [-0.39, 0.29) is 5.82 Å². The molecule has 7 nitrogen and oxygen atoms in total. The number of halogens is 1. The highest BCUT2D eigenvalue weighted by Crippen LogP contribution is 2.23. The van der Waals surface area contributed by atoms with Crippen LogP contribution in [0, 0.1) is 12.7 Å². The summed E-state index contributed by atoms with van der Waals surface area (Å²) < 4.78 is 40.0. The molecular weight excluding hydrogens is 477 g/mol. The Kier molecular flexibility index (Phi) is 6.87. The molecule has 188 valence electrons. The van der Waals surface area contributed by atoms with Crippen molar-refractivity contribution in [2.75, 3.05) is 32.4 Å². The van der Waals surface area contributed by atoms with Crippen LogP contribution in [0.15, 0.2) is 54.7 Å². The summed E-state index contributed by atoms with van der Waals surface area (Å²) in [5, 5.41) is 0.605. The van der Waals surface area contributed by atoms with Gasteiger partial charge in [0.25, 0.3) is 0 Å². The van der Waals surface area contributed by atoms with Crippen molar-refractivity contribution in [1.82, 2.24) is 24.2 Å². The number of hydrogen-bond donors (Lipinski definition) is 1. The first-order valence-electron chi connectivity index (χ1n) is 12.1. The van der Waals surface area contributed by atoms with Crippen LogP contribution >= 0.6 is 0 Å². The Bertz CT molecular complexity index is 1490. The van der Waals surface area contributed by atoms with Crippen molar-refractivity contribution in [1.29, 1.82) is 0 Å². The summed E-state index contributed by atoms with van der Waals surface area (Å²) in [5.41, 5.74) is 5.41. The first kappa shape index (κ1) is 24.5. The average molecular weight is 508 g/mol. The topological polar surface area (TPSA) is 82.2 Å². The fourth-order valence-corrected chi connectivity index (χ4v) is 5.63. The second kappa shape index (κ2) is 10.1. The van der Waals surface area contributed by atoms with E-state index in [9.17, 15) is 8.42 Å². The van der Waals surface area contributed by atoms with E-state index >= 15 is 4.39 Å². The molecule has 9 heteroatoms. The maximum absolute atomic E-state index is 15.0. The van der Waals surface area contributed by atoms with Gasteiger partial charge in [-0.05, 0) is 41.8 Å². The number of rotatable bonds is 7. The van der Waals surface area contributed by atoms with Gasteiger partial charge in [0.05, 0.1) is 6.26 Å². The molecule has 2 aromatic carbocycles. The maximum Gasteiger partial charge on any atom is 0.211 e. The van der Waals surface area contributed by atoms with Crippen molar-refractivity contribution in [3.63, 3.8) is 0 Å². The average Bonchev–Trinajstić information content (AvgIpc) is 3.22. The molecule has 0 spiro atoms. The van der Waals surface area contributed by atoms with E-state index in [1.165, 1.54) is 16.1 Å². The number of aromatic amines is 1. The number of hydrogen-bond acceptors (Lipinski definition) is 5. The first-order chi connectivity index (χ1) is 17.2. The van der Waals surface area contributed by atoms with Gasteiger partial charge in [-0.2, -0.15) is 4.31 Å². The molecule has 1 N–H and O–H groups in total. The zero-order valence-corrected chi connectivity index (χ0v) is 21.4. The van der Waals surface area contributed by atoms with Gasteiger partial charge in [0.2, 0.25) is 10.0 Å². The molecule has 0 atom stereocenters. The number of aryl methyl sites for hydroxylation is 1. The Morgan fingerprint density at radius 2 is 1.78 bits per heavy atom. The quantitative estimate of drug-likeness (QED) is 0.413. The van der Waals surface area contributed by atoms with Crippen molar-refractivity contribution in [3.8, 4) is 0 Å². The van der Waals surface area contributed by atoms with Crippen LogP contribution in [0.5, 0.6) is 0 Å². The van der Waals surface area contributed by atoms with Gasteiger partial charge in [-0.15, -0.1) is 0 Å². The first-order valence-corrected chi connectivity index (χ1v) is 13.9. The molecule has 1 aliphatic rings. The second-order valence-corrected chi connectivity index (χ2v) is 11.5. The monoisotopic (exact) mass is 507 g/mol. The smallest absolute Gasteiger partial charge is 0.211 e. The number of aromatic nitrogens is 3. The maximum atomic E-state index is 15.0. The minimum Gasteiger partial charge on any atom is -0.359 e. The van der Waals surface area contributed by atoms with E-state index < -0.39 is 10.0 Å². The third kappa shape index (κ3) is 5.64. The van der Waals surface area contributed by atoms with Gasteiger partial charge >= 0.3 is 0 Å². The standard InChI is InChI=1S/C27H30FN5O2S/c1-19-14-24-25(30-19)7-6-22(27(24)28)17-23-8-9-29-26(31-23)16-20-4-3-5-21(15-20)18-32-10-12-33(13-11-32)36(2,34)35/h3-9,14-15,30H,10-13,16-18H2,1-2H3. The van der Waals surface area contributed by atoms with Crippen LogP contribution < -0.4 is 0 Å². The zero-order valence-electron chi connectivity index (χ0n) is 20.5. The lowest BCUT2D eigenvalue weighted by molar-refractivity contribution is 0.182. The molecule has 5 rings (SSSR count). The normalized spacial score (nSPS) is 15.5. The Morgan fingerprint density at radius 3 is 2.56 bits per heavy atom. The third-order valence-electron chi connectivity index (χ3n) is 6.65. The van der Waals surface area contributed by atoms with Gasteiger partial charge in [0.1, 0.15) is 11.6 Å². The van der Waals surface area contributed by atoms with Crippen molar-refractivity contribution < 1.29 is 12.8 Å². The largest absolute Gasteiger partial charge is 0.359 e. The van der Waals surface area contributed by atoms with Gasteiger partial charge < -0.3 is 4.98 Å². The molecule has 0 amide bonds. The Balaban J connectivity index is 1.25. The van der Waals surface area contributed by atoms with Crippen LogP contribution in [-0.4, -0.2) is 65.0 Å². The number of piperazine rings is 1. The summed E-state index contributed by atoms with van der Waals surface area (Å²) in [6, 6.07) is 15.7. The molecule has 1 saturated heterocycles. The fraction of sp³-hybridized carbons (Fsp3) is 0.333. The van der Waals surface area contributed by atoms with Crippen molar-refractivity contribution >= 4 is 20.9 Å². The van der Waals surface area contributed by atoms with Crippen LogP contribution in [-0.2, 0) is 29.4 Å². The number of sulfonamides is 1. The summed E-state index contributed by atoms with van der Waals surface area (Å²) in [6.07, 6.45) is 3.99. The summed E-state index contributed by atoms with van der Waals surface area (Å²) in [4.78, 5) is 14.6. The minimum absolute atomic E-state index is 0.206. The third-order valence-corrected chi connectivity index (χ3v) is 7.95. The Morgan fingerprint density at radius 1 is 1.00 bits per heavy atom. The van der Waals surface area contributed by atoms with Crippen LogP contribution in [0.3, 0.4) is 0 Å². The van der Waals surface area contributed by atoms with E-state index in [0.29, 0.717) is 55.8 Å². The SMILES string of the molecule is Cc1cc2c(F)c(Cc3ccnc(Cc4cccc(CN5CCN(S(C)(=O)=O)CC5)c4)n3)ccc2[nH]1. The van der Waals surface area contributed by atoms with Crippen molar-refractivity contribution in [2.24, 2.45) is 0 Å². The predicted molar refractivity (Wildman–Crippen MR) is 139 cm³/mol. The van der Waals surface area contributed by atoms with Crippen molar-refractivity contribution in [3.05, 3.63) is 94.4 Å². The van der Waals surface area contributed by atoms with E-state index in [2.05, 4.69) is 33.1 Å². The molecule has 0 saturated carbocycles. The van der Waals surface area contributed by atoms with Crippen molar-refractivity contribution in [2.45, 2.75) is 26.3 Å². The van der Waals surface area contributed by atoms with Gasteiger partial charge in [-0.1, -0.05) is 30.3 Å². The molecule has 0 aliphatic carbocycles. The Labute approximate surface area is 211 Å². The molecule has 4 aromatic rings. The highest BCUT2D eigenvalue weighted by atomic mass is 32.2. The number of nitrogens with one attached hydrogen (secondary N) is 1. The molecule has 3 heterocycles. The van der Waals surface area contributed by atoms with Crippen LogP contribution in [0.4, 0.5) is 4.39 Å². The zero-order chi connectivity index (χ0) is 25.3. The van der Waals surface area contributed by atoms with Gasteiger partial charge in [0, 0.05) is 74.1 Å². The van der Waals surface area contributed by atoms with E-state index in [4.69, 9.17) is 4.98 Å². The predicted octanol–water partition coefficient (Wildman–Crippen LogP) is 3.66. The number of nitrogens with zero attached hydrogens (tertiary/aromatic N) is 4. The van der Waals surface area contributed by atoms with Gasteiger partial charge in [0.15, 0.2) is 0 Å². The molecule has 0 bridgehead atoms. The molecule has 2 aromatic heterocycles. The fourth-order valence-electron chi connectivity index (χ4n) is 4.81. The summed E-state index contributed by atoms with van der Waals surface area (Å²) in [6.45, 7) is 5.17. The van der Waals surface area contributed by atoms with Gasteiger partial charge in [-0.3, -0.25) is 4.90 Å². The van der Waals surface area contributed by atoms with E-state index in [1.807, 2.05) is 37.3 Å². The van der Waals surface area contributed by atoms with E-state index in [0.717, 1.165) is 29.0 Å². The summed E-state index contributed by atoms with van der Waals surface area (Å²) >= 11 is 0. The number of H-pyrrole nitrogens is 1. The number of fused-ring (bicyclic) bond motifs is 1. The molecule has 1 fully saturated rings. The highest BCUT2D eigenvalue weighted by Gasteiger charge is 2.23. The highest BCUT2D eigenvalue weighted by molar-refractivity contribution is 7.88. The lowest BCUT2D eigenvalue weighted by atomic mass is 10.1. The van der Waals surface area contributed by atoms with Gasteiger partial charge in [-0.25, -0.2) is 22.8 Å².